The minimum atomic E-state index is -4.58. The van der Waals surface area contributed by atoms with Gasteiger partial charge >= 0.3 is 12.2 Å². The number of urea groups is 1. The molecule has 0 spiro atoms. The van der Waals surface area contributed by atoms with E-state index in [1.54, 1.807) is 4.90 Å². The number of benzene rings is 1. The summed E-state index contributed by atoms with van der Waals surface area (Å²) in [6, 6.07) is 6.58. The topological polar surface area (TPSA) is 79.9 Å². The zero-order valence-corrected chi connectivity index (χ0v) is 22.9. The highest BCUT2D eigenvalue weighted by molar-refractivity contribution is 5.77. The highest BCUT2D eigenvalue weighted by Gasteiger charge is 2.39. The second kappa shape index (κ2) is 10.9. The highest BCUT2D eigenvalue weighted by Crippen LogP contribution is 2.45. The summed E-state index contributed by atoms with van der Waals surface area (Å²) in [6.45, 7) is 6.23. The van der Waals surface area contributed by atoms with Gasteiger partial charge in [0.05, 0.1) is 6.04 Å². The first-order chi connectivity index (χ1) is 19.3. The van der Waals surface area contributed by atoms with Crippen molar-refractivity contribution in [3.05, 3.63) is 35.5 Å². The molecular weight excluding hydrogens is 521 g/mol. The Hall–Kier alpha value is -3.28. The second-order valence-electron chi connectivity index (χ2n) is 11.4. The van der Waals surface area contributed by atoms with Gasteiger partial charge in [-0.25, -0.2) is 9.78 Å². The molecule has 2 N–H and O–H groups in total. The van der Waals surface area contributed by atoms with E-state index in [9.17, 15) is 18.0 Å². The van der Waals surface area contributed by atoms with E-state index in [0.717, 1.165) is 75.9 Å². The number of fused-ring (bicyclic) bond motifs is 1. The van der Waals surface area contributed by atoms with Gasteiger partial charge in [0.15, 0.2) is 0 Å². The van der Waals surface area contributed by atoms with Gasteiger partial charge in [0, 0.05) is 69.9 Å². The number of likely N-dealkylation sites (N-methyl/N-ethyl adjacent to an activating group) is 1. The van der Waals surface area contributed by atoms with Gasteiger partial charge in [0.1, 0.15) is 11.4 Å². The number of halogens is 3. The number of anilines is 4. The van der Waals surface area contributed by atoms with Gasteiger partial charge < -0.3 is 30.2 Å². The molecule has 1 atom stereocenters. The van der Waals surface area contributed by atoms with E-state index in [1.165, 1.54) is 5.69 Å². The number of carbonyl (C=O) groups excluding carboxylic acids is 1. The van der Waals surface area contributed by atoms with E-state index in [4.69, 9.17) is 0 Å². The van der Waals surface area contributed by atoms with E-state index in [-0.39, 0.29) is 30.4 Å². The fourth-order valence-electron chi connectivity index (χ4n) is 6.02. The third kappa shape index (κ3) is 5.77. The summed E-state index contributed by atoms with van der Waals surface area (Å²) in [5.41, 5.74) is 2.27. The SMILES string of the molecule is CN1CCN(c2ccc(Nc3ncc(C(F)(F)F)c(NCCCN4C[C@@H]5CCCN5C4=O)n3)c(C3CC3)c2)CC1. The number of aromatic nitrogens is 2. The molecule has 4 heterocycles. The maximum atomic E-state index is 13.8. The predicted octanol–water partition coefficient (Wildman–Crippen LogP) is 4.57. The van der Waals surface area contributed by atoms with Crippen LogP contribution in [0.2, 0.25) is 0 Å². The fraction of sp³-hybridized carbons (Fsp3) is 0.607. The van der Waals surface area contributed by atoms with Crippen LogP contribution in [0.25, 0.3) is 0 Å². The molecule has 0 bridgehead atoms. The zero-order chi connectivity index (χ0) is 27.9. The molecule has 1 aliphatic carbocycles. The van der Waals surface area contributed by atoms with Gasteiger partial charge in [-0.1, -0.05) is 0 Å². The Morgan fingerprint density at radius 1 is 1.07 bits per heavy atom. The van der Waals surface area contributed by atoms with Gasteiger partial charge in [-0.15, -0.1) is 0 Å². The van der Waals surface area contributed by atoms with E-state index >= 15 is 0 Å². The Balaban J connectivity index is 1.13. The molecule has 9 nitrogen and oxygen atoms in total. The van der Waals surface area contributed by atoms with Crippen LogP contribution in [0.15, 0.2) is 24.4 Å². The van der Waals surface area contributed by atoms with Crippen molar-refractivity contribution < 1.29 is 18.0 Å². The van der Waals surface area contributed by atoms with E-state index < -0.39 is 11.7 Å². The number of rotatable bonds is 9. The van der Waals surface area contributed by atoms with Crippen LogP contribution in [0.1, 0.15) is 49.1 Å². The quantitative estimate of drug-likeness (QED) is 0.437. The maximum Gasteiger partial charge on any atom is 0.421 e. The molecular formula is C28H37F3N8O. The lowest BCUT2D eigenvalue weighted by atomic mass is 10.1. The number of hydrogen-bond donors (Lipinski definition) is 2. The van der Waals surface area contributed by atoms with Crippen LogP contribution < -0.4 is 15.5 Å². The van der Waals surface area contributed by atoms with Gasteiger partial charge in [0.2, 0.25) is 5.95 Å². The summed E-state index contributed by atoms with van der Waals surface area (Å²) in [6.07, 6.45) is 1.03. The molecule has 40 heavy (non-hydrogen) atoms. The molecule has 12 heteroatoms. The number of amides is 2. The Morgan fingerprint density at radius 2 is 1.88 bits per heavy atom. The summed E-state index contributed by atoms with van der Waals surface area (Å²) in [5, 5.41) is 6.07. The van der Waals surface area contributed by atoms with Crippen molar-refractivity contribution in [3.63, 3.8) is 0 Å². The standard InChI is InChI=1S/C28H37F3N8O/c1-36-12-14-37(15-13-36)20-7-8-24(22(16-20)19-5-6-19)34-26-33-17-23(28(29,30)31)25(35-26)32-9-3-10-38-18-21-4-2-11-39(21)27(38)40/h7-8,16-17,19,21H,2-6,9-15,18H2,1H3,(H2,32,33,34,35)/t21-/m0/s1. The molecule has 0 unspecified atom stereocenters. The van der Waals surface area contributed by atoms with Gasteiger partial charge in [-0.05, 0) is 68.8 Å². The van der Waals surface area contributed by atoms with E-state index in [0.29, 0.717) is 25.4 Å². The van der Waals surface area contributed by atoms with Crippen LogP contribution in [0.3, 0.4) is 0 Å². The Labute approximate surface area is 232 Å². The summed E-state index contributed by atoms with van der Waals surface area (Å²) < 4.78 is 41.3. The number of piperazine rings is 1. The molecule has 216 valence electrons. The van der Waals surface area contributed by atoms with Crippen molar-refractivity contribution in [2.24, 2.45) is 0 Å². The number of carbonyl (C=O) groups is 1. The summed E-state index contributed by atoms with van der Waals surface area (Å²) >= 11 is 0. The minimum Gasteiger partial charge on any atom is -0.369 e. The van der Waals surface area contributed by atoms with Gasteiger partial charge in [0.25, 0.3) is 0 Å². The third-order valence-electron chi connectivity index (χ3n) is 8.48. The van der Waals surface area contributed by atoms with Gasteiger partial charge in [-0.3, -0.25) is 0 Å². The molecule has 2 amide bonds. The first-order valence-corrected chi connectivity index (χ1v) is 14.3. The molecule has 1 saturated carbocycles. The van der Waals surface area contributed by atoms with Crippen molar-refractivity contribution in [2.75, 3.05) is 74.9 Å². The normalized spacial score (nSPS) is 21.8. The third-order valence-corrected chi connectivity index (χ3v) is 8.48. The van der Waals surface area contributed by atoms with Crippen LogP contribution >= 0.6 is 0 Å². The van der Waals surface area contributed by atoms with Crippen LogP contribution in [0, 0.1) is 0 Å². The van der Waals surface area contributed by atoms with E-state index in [2.05, 4.69) is 49.6 Å². The first-order valence-electron chi connectivity index (χ1n) is 14.3. The smallest absolute Gasteiger partial charge is 0.369 e. The molecule has 4 aliphatic rings. The van der Waals surface area contributed by atoms with Crippen molar-refractivity contribution in [2.45, 2.75) is 50.2 Å². The molecule has 1 aromatic heterocycles. The van der Waals surface area contributed by atoms with Crippen LogP contribution in [-0.2, 0) is 6.18 Å². The average Bonchev–Trinajstić information content (AvgIpc) is 3.60. The zero-order valence-electron chi connectivity index (χ0n) is 22.9. The fourth-order valence-corrected chi connectivity index (χ4v) is 6.02. The van der Waals surface area contributed by atoms with Crippen LogP contribution in [0.5, 0.6) is 0 Å². The molecule has 3 saturated heterocycles. The number of hydrogen-bond acceptors (Lipinski definition) is 7. The Kier molecular flexibility index (Phi) is 7.37. The molecule has 6 rings (SSSR count). The number of nitrogens with zero attached hydrogens (tertiary/aromatic N) is 6. The van der Waals surface area contributed by atoms with Crippen LogP contribution in [0.4, 0.5) is 41.1 Å². The summed E-state index contributed by atoms with van der Waals surface area (Å²) in [5.74, 6) is 0.312. The second-order valence-corrected chi connectivity index (χ2v) is 11.4. The number of nitrogens with one attached hydrogen (secondary N) is 2. The Morgan fingerprint density at radius 3 is 2.60 bits per heavy atom. The minimum absolute atomic E-state index is 0.0390. The highest BCUT2D eigenvalue weighted by atomic mass is 19.4. The summed E-state index contributed by atoms with van der Waals surface area (Å²) in [4.78, 5) is 29.2. The molecule has 1 aromatic carbocycles. The van der Waals surface area contributed by atoms with Gasteiger partial charge in [-0.2, -0.15) is 18.2 Å². The number of alkyl halides is 3. The summed E-state index contributed by atoms with van der Waals surface area (Å²) in [7, 11) is 2.13. The largest absolute Gasteiger partial charge is 0.421 e. The average molecular weight is 559 g/mol. The maximum absolute atomic E-state index is 13.8. The first kappa shape index (κ1) is 26.9. The molecule has 0 radical (unpaired) electrons. The molecule has 2 aromatic rings. The monoisotopic (exact) mass is 558 g/mol. The molecule has 4 fully saturated rings. The van der Waals surface area contributed by atoms with Crippen molar-refractivity contribution in [3.8, 4) is 0 Å². The molecule has 3 aliphatic heterocycles. The van der Waals surface area contributed by atoms with Crippen molar-refractivity contribution >= 4 is 29.2 Å². The Bertz CT molecular complexity index is 1230. The lowest BCUT2D eigenvalue weighted by molar-refractivity contribution is -0.137. The van der Waals surface area contributed by atoms with Crippen molar-refractivity contribution in [1.82, 2.24) is 24.7 Å². The lowest BCUT2D eigenvalue weighted by Crippen LogP contribution is -2.44. The lowest BCUT2D eigenvalue weighted by Gasteiger charge is -2.34. The predicted molar refractivity (Wildman–Crippen MR) is 148 cm³/mol. The van der Waals surface area contributed by atoms with Crippen molar-refractivity contribution in [1.29, 1.82) is 0 Å². The van der Waals surface area contributed by atoms with E-state index in [1.807, 2.05) is 11.0 Å². The van der Waals surface area contributed by atoms with Crippen LogP contribution in [-0.4, -0.2) is 96.1 Å².